The summed E-state index contributed by atoms with van der Waals surface area (Å²) < 4.78 is 33.6. The minimum Gasteiger partial charge on any atom is -0.387 e. The first-order valence-corrected chi connectivity index (χ1v) is 11.5. The van der Waals surface area contributed by atoms with Gasteiger partial charge >= 0.3 is 20.9 Å². The van der Waals surface area contributed by atoms with E-state index in [0.29, 0.717) is 3.57 Å². The Morgan fingerprint density at radius 2 is 1.92 bits per heavy atom. The second-order valence-corrected chi connectivity index (χ2v) is 10.6. The molecule has 0 radical (unpaired) electrons. The van der Waals surface area contributed by atoms with Crippen LogP contribution in [0.15, 0.2) is 11.0 Å². The number of hydrogen-bond donors (Lipinski definition) is 6. The quantitative estimate of drug-likeness (QED) is 0.182. The van der Waals surface area contributed by atoms with Gasteiger partial charge in [-0.2, -0.15) is 4.98 Å². The van der Waals surface area contributed by atoms with Crippen LogP contribution in [0.2, 0.25) is 0 Å². The van der Waals surface area contributed by atoms with Crippen LogP contribution in [0.4, 0.5) is 5.82 Å². The Balaban J connectivity index is 2.13. The average molecular weight is 527 g/mol. The first-order valence-electron chi connectivity index (χ1n) is 6.87. The Morgan fingerprint density at radius 1 is 1.31 bits per heavy atom. The lowest BCUT2D eigenvalue weighted by Crippen LogP contribution is -2.36. The number of hydrogen-bond acceptors (Lipinski definition) is 9. The largest absolute Gasteiger partial charge is 0.387 e. The van der Waals surface area contributed by atoms with Crippen molar-refractivity contribution in [3.63, 3.8) is 0 Å². The summed E-state index contributed by atoms with van der Waals surface area (Å²) >= 11 is 1.79. The Bertz CT molecular complexity index is 828. The number of aromatic nitrogens is 2. The smallest absolute Gasteiger partial charge is 0.351 e. The topological polar surface area (TPSA) is 215 Å². The van der Waals surface area contributed by atoms with Crippen molar-refractivity contribution in [3.05, 3.63) is 20.3 Å². The van der Waals surface area contributed by atoms with Crippen LogP contribution in [0.25, 0.3) is 0 Å². The molecule has 0 amide bonds. The highest BCUT2D eigenvalue weighted by molar-refractivity contribution is 14.1. The molecule has 16 heteroatoms. The van der Waals surface area contributed by atoms with Gasteiger partial charge in [0.2, 0.25) is 0 Å². The van der Waals surface area contributed by atoms with Crippen LogP contribution in [-0.2, 0) is 18.4 Å². The molecule has 5 atom stereocenters. The molecule has 1 fully saturated rings. The van der Waals surface area contributed by atoms with Gasteiger partial charge in [-0.3, -0.25) is 13.7 Å². The van der Waals surface area contributed by atoms with Crippen LogP contribution in [0, 0.1) is 3.57 Å². The van der Waals surface area contributed by atoms with E-state index < -0.39 is 57.9 Å². The van der Waals surface area contributed by atoms with E-state index in [1.807, 2.05) is 0 Å². The molecule has 0 aliphatic carbocycles. The maximum atomic E-state index is 11.9. The van der Waals surface area contributed by atoms with Crippen LogP contribution >= 0.6 is 37.8 Å². The number of rotatable bonds is 6. The summed E-state index contributed by atoms with van der Waals surface area (Å²) in [5.74, 6) is -1.44. The van der Waals surface area contributed by atoms with E-state index in [9.17, 15) is 29.0 Å². The van der Waals surface area contributed by atoms with Crippen molar-refractivity contribution in [3.8, 4) is 0 Å². The van der Waals surface area contributed by atoms with Gasteiger partial charge in [-0.25, -0.2) is 4.79 Å². The minimum atomic E-state index is -4.81. The highest BCUT2D eigenvalue weighted by Crippen LogP contribution is 2.55. The van der Waals surface area contributed by atoms with Gasteiger partial charge in [0.1, 0.15) is 24.1 Å². The molecule has 1 aromatic heterocycles. The van der Waals surface area contributed by atoms with Gasteiger partial charge in [-0.05, 0) is 22.6 Å². The summed E-state index contributed by atoms with van der Waals surface area (Å²) in [6.07, 6.45) is -4.65. The average Bonchev–Trinajstić information content (AvgIpc) is 2.75. The summed E-state index contributed by atoms with van der Waals surface area (Å²) in [5.41, 5.74) is 4.64. The van der Waals surface area contributed by atoms with Crippen LogP contribution in [-0.4, -0.2) is 65.3 Å². The Labute approximate surface area is 159 Å². The molecular formula is C10H16IN3O10P2. The van der Waals surface area contributed by atoms with E-state index in [-0.39, 0.29) is 5.82 Å². The fraction of sp³-hybridized carbons (Fsp3) is 0.600. The van der Waals surface area contributed by atoms with Crippen molar-refractivity contribution < 1.29 is 43.3 Å². The van der Waals surface area contributed by atoms with Crippen molar-refractivity contribution >= 4 is 43.6 Å². The zero-order valence-corrected chi connectivity index (χ0v) is 16.8. The number of ether oxygens (including phenoxy) is 1. The molecule has 26 heavy (non-hydrogen) atoms. The number of nitrogen functional groups attached to an aromatic ring is 1. The molecule has 7 N–H and O–H groups in total. The van der Waals surface area contributed by atoms with E-state index in [2.05, 4.69) is 9.51 Å². The monoisotopic (exact) mass is 527 g/mol. The molecule has 1 saturated heterocycles. The summed E-state index contributed by atoms with van der Waals surface area (Å²) in [7, 11) is -9.47. The zero-order valence-electron chi connectivity index (χ0n) is 12.8. The number of anilines is 1. The molecule has 0 saturated carbocycles. The van der Waals surface area contributed by atoms with E-state index in [1.165, 1.54) is 6.20 Å². The SMILES string of the molecule is Nc1nc(=O)n([C@@H]2O[C@H](COP(=O)(O)CP(=O)(O)O)[C@@H](O)[C@H]2O)cc1I. The normalized spacial score (nSPS) is 28.8. The van der Waals surface area contributed by atoms with Crippen molar-refractivity contribution in [2.24, 2.45) is 0 Å². The van der Waals surface area contributed by atoms with E-state index in [4.69, 9.17) is 20.3 Å². The Hall–Kier alpha value is -0.410. The molecule has 1 aliphatic heterocycles. The number of nitrogens with two attached hydrogens (primary N) is 1. The molecule has 2 heterocycles. The van der Waals surface area contributed by atoms with E-state index in [1.54, 1.807) is 22.6 Å². The number of halogens is 1. The van der Waals surface area contributed by atoms with E-state index in [0.717, 1.165) is 4.57 Å². The predicted molar refractivity (Wildman–Crippen MR) is 94.2 cm³/mol. The second-order valence-electron chi connectivity index (χ2n) is 5.45. The van der Waals surface area contributed by atoms with Crippen LogP contribution in [0.1, 0.15) is 6.23 Å². The third-order valence-electron chi connectivity index (χ3n) is 3.35. The molecule has 1 unspecified atom stereocenters. The van der Waals surface area contributed by atoms with Gasteiger partial charge < -0.3 is 39.9 Å². The number of aliphatic hydroxyl groups is 2. The molecule has 1 aliphatic rings. The predicted octanol–water partition coefficient (Wildman–Crippen LogP) is -1.61. The van der Waals surface area contributed by atoms with Crippen molar-refractivity contribution in [1.82, 2.24) is 9.55 Å². The lowest BCUT2D eigenvalue weighted by atomic mass is 10.1. The molecule has 0 bridgehead atoms. The third kappa shape index (κ3) is 5.32. The summed E-state index contributed by atoms with van der Waals surface area (Å²) in [6.45, 7) is -0.753. The number of nitrogens with zero attached hydrogens (tertiary/aromatic N) is 2. The van der Waals surface area contributed by atoms with Crippen molar-refractivity contribution in [2.75, 3.05) is 18.2 Å². The molecule has 148 valence electrons. The third-order valence-corrected chi connectivity index (χ3v) is 7.64. The second kappa shape index (κ2) is 7.91. The molecule has 13 nitrogen and oxygen atoms in total. The molecular weight excluding hydrogens is 511 g/mol. The first-order chi connectivity index (χ1) is 11.8. The summed E-state index contributed by atoms with van der Waals surface area (Å²) in [6, 6.07) is 0. The minimum absolute atomic E-state index is 0.0292. The van der Waals surface area contributed by atoms with Gasteiger partial charge in [-0.15, -0.1) is 0 Å². The lowest BCUT2D eigenvalue weighted by molar-refractivity contribution is -0.0524. The molecule has 2 rings (SSSR count). The summed E-state index contributed by atoms with van der Waals surface area (Å²) in [5, 5.41) is 20.1. The first kappa shape index (κ1) is 21.9. The zero-order chi connectivity index (χ0) is 19.9. The standard InChI is InChI=1S/C10H16IN3O10P2/c11-4-1-14(10(17)13-8(4)12)9-7(16)6(15)5(24-9)2-23-26(21,22)3-25(18,19)20/h1,5-7,9,15-16H,2-3H2,(H,21,22)(H2,12,13,17)(H2,18,19,20)/t5-,6-,7-,9-/m1/s1. The van der Waals surface area contributed by atoms with E-state index >= 15 is 0 Å². The van der Waals surface area contributed by atoms with Crippen LogP contribution in [0.3, 0.4) is 0 Å². The van der Waals surface area contributed by atoms with Crippen LogP contribution < -0.4 is 11.4 Å². The van der Waals surface area contributed by atoms with Gasteiger partial charge in [-0.1, -0.05) is 0 Å². The molecule has 0 spiro atoms. The Morgan fingerprint density at radius 3 is 2.50 bits per heavy atom. The molecule has 0 aromatic carbocycles. The fourth-order valence-corrected chi connectivity index (χ4v) is 5.19. The highest BCUT2D eigenvalue weighted by atomic mass is 127. The summed E-state index contributed by atoms with van der Waals surface area (Å²) in [4.78, 5) is 42.3. The Kier molecular flexibility index (Phi) is 6.66. The fourth-order valence-electron chi connectivity index (χ4n) is 2.20. The van der Waals surface area contributed by atoms with Crippen molar-refractivity contribution in [2.45, 2.75) is 24.5 Å². The maximum absolute atomic E-state index is 11.9. The molecule has 1 aromatic rings. The highest BCUT2D eigenvalue weighted by Gasteiger charge is 2.45. The lowest BCUT2D eigenvalue weighted by Gasteiger charge is -2.18. The van der Waals surface area contributed by atoms with Gasteiger partial charge in [0.05, 0.1) is 10.2 Å². The van der Waals surface area contributed by atoms with Crippen molar-refractivity contribution in [1.29, 1.82) is 0 Å². The van der Waals surface area contributed by atoms with Gasteiger partial charge in [0.15, 0.2) is 12.1 Å². The maximum Gasteiger partial charge on any atom is 0.351 e. The van der Waals surface area contributed by atoms with Gasteiger partial charge in [0, 0.05) is 6.20 Å². The number of aliphatic hydroxyl groups excluding tert-OH is 2. The van der Waals surface area contributed by atoms with Gasteiger partial charge in [0.25, 0.3) is 0 Å². The van der Waals surface area contributed by atoms with Crippen LogP contribution in [0.5, 0.6) is 0 Å².